The first-order valence-corrected chi connectivity index (χ1v) is 6.18. The van der Waals surface area contributed by atoms with Gasteiger partial charge in [0.2, 0.25) is 5.91 Å². The van der Waals surface area contributed by atoms with Gasteiger partial charge in [-0.1, -0.05) is 0 Å². The molecule has 0 spiro atoms. The third kappa shape index (κ3) is 3.68. The Morgan fingerprint density at radius 2 is 2.22 bits per heavy atom. The number of methoxy groups -OCH3 is 1. The monoisotopic (exact) mass is 258 g/mol. The zero-order valence-corrected chi connectivity index (χ0v) is 11.3. The molecule has 1 amide bonds. The third-order valence-electron chi connectivity index (χ3n) is 3.44. The van der Waals surface area contributed by atoms with Crippen molar-refractivity contribution in [2.24, 2.45) is 0 Å². The second-order valence-electron chi connectivity index (χ2n) is 4.76. The summed E-state index contributed by atoms with van der Waals surface area (Å²) in [4.78, 5) is 26.8. The van der Waals surface area contributed by atoms with Crippen LogP contribution in [0.3, 0.4) is 0 Å². The molecule has 1 fully saturated rings. The predicted octanol–water partition coefficient (Wildman–Crippen LogP) is 0.0287. The van der Waals surface area contributed by atoms with Crippen molar-refractivity contribution in [2.45, 2.75) is 31.8 Å². The standard InChI is InChI=1S/C12H22N2O4/c1-9-4-5-13(2)10(8-11(15)16)12(17)14(9)6-7-18-3/h9-10H,4-8H2,1-3H3,(H,15,16). The number of amides is 1. The van der Waals surface area contributed by atoms with Gasteiger partial charge < -0.3 is 14.7 Å². The molecule has 1 saturated heterocycles. The van der Waals surface area contributed by atoms with E-state index in [1.165, 1.54) is 0 Å². The minimum atomic E-state index is -0.943. The molecule has 0 aromatic heterocycles. The molecule has 6 heteroatoms. The Labute approximate surface area is 107 Å². The summed E-state index contributed by atoms with van der Waals surface area (Å²) in [5, 5.41) is 8.90. The van der Waals surface area contributed by atoms with Crippen molar-refractivity contribution in [1.82, 2.24) is 9.80 Å². The molecule has 1 N–H and O–H groups in total. The molecule has 2 atom stereocenters. The fraction of sp³-hybridized carbons (Fsp3) is 0.833. The van der Waals surface area contributed by atoms with Crippen LogP contribution in [0.5, 0.6) is 0 Å². The molecular formula is C12H22N2O4. The number of carboxylic acids is 1. The van der Waals surface area contributed by atoms with Gasteiger partial charge >= 0.3 is 5.97 Å². The molecule has 1 heterocycles. The molecule has 1 aliphatic rings. The maximum Gasteiger partial charge on any atom is 0.305 e. The van der Waals surface area contributed by atoms with Gasteiger partial charge in [0.15, 0.2) is 0 Å². The van der Waals surface area contributed by atoms with E-state index >= 15 is 0 Å². The Hall–Kier alpha value is -1.14. The zero-order valence-electron chi connectivity index (χ0n) is 11.3. The fourth-order valence-corrected chi connectivity index (χ4v) is 2.23. The molecule has 0 aromatic rings. The van der Waals surface area contributed by atoms with Crippen molar-refractivity contribution in [1.29, 1.82) is 0 Å². The molecule has 0 aliphatic carbocycles. The summed E-state index contributed by atoms with van der Waals surface area (Å²) >= 11 is 0. The van der Waals surface area contributed by atoms with Crippen LogP contribution >= 0.6 is 0 Å². The highest BCUT2D eigenvalue weighted by molar-refractivity contribution is 5.86. The van der Waals surface area contributed by atoms with Crippen LogP contribution in [0.25, 0.3) is 0 Å². The predicted molar refractivity (Wildman–Crippen MR) is 66.3 cm³/mol. The highest BCUT2D eigenvalue weighted by Gasteiger charge is 2.34. The zero-order chi connectivity index (χ0) is 13.7. The number of nitrogens with zero attached hydrogens (tertiary/aromatic N) is 2. The maximum absolute atomic E-state index is 12.4. The lowest BCUT2D eigenvalue weighted by Crippen LogP contribution is -2.48. The Morgan fingerprint density at radius 1 is 1.56 bits per heavy atom. The van der Waals surface area contributed by atoms with Gasteiger partial charge in [-0.15, -0.1) is 0 Å². The van der Waals surface area contributed by atoms with E-state index in [-0.39, 0.29) is 18.4 Å². The van der Waals surface area contributed by atoms with Crippen LogP contribution in [0.1, 0.15) is 19.8 Å². The van der Waals surface area contributed by atoms with Crippen molar-refractivity contribution in [3.05, 3.63) is 0 Å². The quantitative estimate of drug-likeness (QED) is 0.753. The second-order valence-corrected chi connectivity index (χ2v) is 4.76. The first-order chi connectivity index (χ1) is 8.47. The molecule has 104 valence electrons. The average Bonchev–Trinajstić information content (AvgIpc) is 2.40. The van der Waals surface area contributed by atoms with Gasteiger partial charge in [0.05, 0.1) is 19.1 Å². The van der Waals surface area contributed by atoms with Gasteiger partial charge in [-0.3, -0.25) is 14.5 Å². The van der Waals surface area contributed by atoms with Crippen molar-refractivity contribution in [2.75, 3.05) is 33.9 Å². The molecule has 0 saturated carbocycles. The SMILES string of the molecule is COCCN1C(=O)C(CC(=O)O)N(C)CCC1C. The summed E-state index contributed by atoms with van der Waals surface area (Å²) in [7, 11) is 3.39. The highest BCUT2D eigenvalue weighted by atomic mass is 16.5. The summed E-state index contributed by atoms with van der Waals surface area (Å²) in [5.41, 5.74) is 0. The third-order valence-corrected chi connectivity index (χ3v) is 3.44. The number of ether oxygens (including phenoxy) is 1. The van der Waals surface area contributed by atoms with Crippen LogP contribution < -0.4 is 0 Å². The Kier molecular flexibility index (Phi) is 5.55. The first kappa shape index (κ1) is 14.9. The molecule has 1 aliphatic heterocycles. The number of hydrogen-bond acceptors (Lipinski definition) is 4. The number of carbonyl (C=O) groups is 2. The van der Waals surface area contributed by atoms with Crippen LogP contribution in [0.2, 0.25) is 0 Å². The lowest BCUT2D eigenvalue weighted by Gasteiger charge is -2.29. The largest absolute Gasteiger partial charge is 0.481 e. The topological polar surface area (TPSA) is 70.1 Å². The van der Waals surface area contributed by atoms with Crippen LogP contribution in [-0.4, -0.2) is 72.7 Å². The van der Waals surface area contributed by atoms with Gasteiger partial charge in [0.1, 0.15) is 0 Å². The first-order valence-electron chi connectivity index (χ1n) is 6.18. The van der Waals surface area contributed by atoms with Crippen LogP contribution in [0.4, 0.5) is 0 Å². The Bertz CT molecular complexity index is 308. The number of carbonyl (C=O) groups excluding carboxylic acids is 1. The molecular weight excluding hydrogens is 236 g/mol. The molecule has 18 heavy (non-hydrogen) atoms. The number of carboxylic acid groups (broad SMARTS) is 1. The van der Waals surface area contributed by atoms with Gasteiger partial charge in [0.25, 0.3) is 0 Å². The number of aliphatic carboxylic acids is 1. The van der Waals surface area contributed by atoms with E-state index in [4.69, 9.17) is 9.84 Å². The minimum Gasteiger partial charge on any atom is -0.481 e. The normalized spacial score (nSPS) is 26.2. The van der Waals surface area contributed by atoms with Gasteiger partial charge in [0, 0.05) is 26.2 Å². The second kappa shape index (κ2) is 6.70. The van der Waals surface area contributed by atoms with Crippen molar-refractivity contribution in [3.63, 3.8) is 0 Å². The summed E-state index contributed by atoms with van der Waals surface area (Å²) in [6.07, 6.45) is 0.702. The van der Waals surface area contributed by atoms with Crippen LogP contribution in [-0.2, 0) is 14.3 Å². The van der Waals surface area contributed by atoms with E-state index in [2.05, 4.69) is 0 Å². The summed E-state index contributed by atoms with van der Waals surface area (Å²) in [5.74, 6) is -1.05. The van der Waals surface area contributed by atoms with E-state index in [1.54, 1.807) is 19.1 Å². The van der Waals surface area contributed by atoms with E-state index in [1.807, 2.05) is 11.8 Å². The van der Waals surface area contributed by atoms with Gasteiger partial charge in [-0.25, -0.2) is 0 Å². The Morgan fingerprint density at radius 3 is 2.78 bits per heavy atom. The smallest absolute Gasteiger partial charge is 0.305 e. The van der Waals surface area contributed by atoms with Crippen LogP contribution in [0, 0.1) is 0 Å². The van der Waals surface area contributed by atoms with Gasteiger partial charge in [-0.2, -0.15) is 0 Å². The summed E-state index contributed by atoms with van der Waals surface area (Å²) in [6.45, 7) is 3.71. The number of likely N-dealkylation sites (N-methyl/N-ethyl adjacent to an activating group) is 1. The number of hydrogen-bond donors (Lipinski definition) is 1. The van der Waals surface area contributed by atoms with Crippen LogP contribution in [0.15, 0.2) is 0 Å². The Balaban J connectivity index is 2.82. The van der Waals surface area contributed by atoms with E-state index in [0.717, 1.165) is 13.0 Å². The van der Waals surface area contributed by atoms with E-state index in [0.29, 0.717) is 13.2 Å². The summed E-state index contributed by atoms with van der Waals surface area (Å²) < 4.78 is 5.00. The van der Waals surface area contributed by atoms with Crippen molar-refractivity contribution in [3.8, 4) is 0 Å². The number of rotatable bonds is 5. The molecule has 0 radical (unpaired) electrons. The lowest BCUT2D eigenvalue weighted by molar-refractivity contribution is -0.145. The van der Waals surface area contributed by atoms with Crippen molar-refractivity contribution >= 4 is 11.9 Å². The minimum absolute atomic E-state index is 0.109. The molecule has 0 aromatic carbocycles. The molecule has 0 bridgehead atoms. The molecule has 2 unspecified atom stereocenters. The fourth-order valence-electron chi connectivity index (χ4n) is 2.23. The average molecular weight is 258 g/mol. The lowest BCUT2D eigenvalue weighted by atomic mass is 10.1. The van der Waals surface area contributed by atoms with E-state index < -0.39 is 12.0 Å². The highest BCUT2D eigenvalue weighted by Crippen LogP contribution is 2.17. The van der Waals surface area contributed by atoms with Crippen molar-refractivity contribution < 1.29 is 19.4 Å². The maximum atomic E-state index is 12.4. The van der Waals surface area contributed by atoms with Gasteiger partial charge in [-0.05, 0) is 20.4 Å². The molecule has 6 nitrogen and oxygen atoms in total. The van der Waals surface area contributed by atoms with E-state index in [9.17, 15) is 9.59 Å². The summed E-state index contributed by atoms with van der Waals surface area (Å²) in [6, 6.07) is -0.446. The molecule has 1 rings (SSSR count).